The van der Waals surface area contributed by atoms with Crippen LogP contribution in [0.15, 0.2) is 17.6 Å². The Morgan fingerprint density at radius 3 is 2.60 bits per heavy atom. The first kappa shape index (κ1) is 17.3. The van der Waals surface area contributed by atoms with Crippen LogP contribution in [0, 0.1) is 12.8 Å². The monoisotopic (exact) mass is 360 g/mol. The van der Waals surface area contributed by atoms with Crippen molar-refractivity contribution in [2.45, 2.75) is 26.7 Å². The van der Waals surface area contributed by atoms with Crippen molar-refractivity contribution < 1.29 is 14.4 Å². The summed E-state index contributed by atoms with van der Waals surface area (Å²) < 4.78 is 0. The first-order valence-corrected chi connectivity index (χ1v) is 9.03. The molecule has 2 amide bonds. The number of anilines is 1. The summed E-state index contributed by atoms with van der Waals surface area (Å²) in [5, 5.41) is 5.35. The Kier molecular flexibility index (Phi) is 4.98. The summed E-state index contributed by atoms with van der Waals surface area (Å²) in [5.74, 6) is -0.380. The maximum atomic E-state index is 12.5. The molecule has 8 heteroatoms. The quantitative estimate of drug-likeness (QED) is 0.819. The number of carbonyl (C=O) groups excluding carboxylic acids is 3. The lowest BCUT2D eigenvalue weighted by molar-refractivity contribution is -0.121. The van der Waals surface area contributed by atoms with E-state index in [1.54, 1.807) is 17.2 Å². The summed E-state index contributed by atoms with van der Waals surface area (Å²) in [6, 6.07) is 1.58. The number of ketones is 1. The van der Waals surface area contributed by atoms with Gasteiger partial charge in [-0.2, -0.15) is 0 Å². The van der Waals surface area contributed by atoms with Crippen LogP contribution in [0.2, 0.25) is 0 Å². The molecule has 0 spiro atoms. The minimum absolute atomic E-state index is 0.0415. The number of hydrogen-bond acceptors (Lipinski definition) is 5. The van der Waals surface area contributed by atoms with E-state index >= 15 is 0 Å². The highest BCUT2D eigenvalue weighted by molar-refractivity contribution is 7.13. The number of amides is 2. The highest BCUT2D eigenvalue weighted by atomic mass is 32.1. The number of carbonyl (C=O) groups is 3. The number of aryl methyl sites for hydroxylation is 1. The predicted octanol–water partition coefficient (Wildman–Crippen LogP) is 2.47. The second-order valence-electron chi connectivity index (χ2n) is 6.21. The lowest BCUT2D eigenvalue weighted by atomic mass is 9.96. The van der Waals surface area contributed by atoms with Crippen molar-refractivity contribution in [1.29, 1.82) is 0 Å². The molecular weight excluding hydrogens is 340 g/mol. The number of aromatic nitrogens is 2. The largest absolute Gasteiger partial charge is 0.356 e. The summed E-state index contributed by atoms with van der Waals surface area (Å²) in [7, 11) is 0. The lowest BCUT2D eigenvalue weighted by Gasteiger charge is -2.30. The van der Waals surface area contributed by atoms with Crippen LogP contribution in [0.4, 0.5) is 5.13 Å². The number of likely N-dealkylation sites (tertiary alicyclic amines) is 1. The zero-order valence-electron chi connectivity index (χ0n) is 14.2. The molecule has 0 aromatic carbocycles. The standard InChI is InChI=1S/C17H20N4O3S/c1-10-9-25-17(19-10)20-15(23)12-3-5-21(6-4-12)16(24)14-7-13(8-18-14)11(2)22/h7-9,12,18H,3-6H2,1-2H3,(H,19,20,23). The number of hydrogen-bond donors (Lipinski definition) is 2. The summed E-state index contributed by atoms with van der Waals surface area (Å²) in [5.41, 5.74) is 1.79. The van der Waals surface area contributed by atoms with Crippen molar-refractivity contribution >= 4 is 34.1 Å². The van der Waals surface area contributed by atoms with Gasteiger partial charge in [-0.05, 0) is 32.8 Å². The molecule has 2 aromatic heterocycles. The zero-order chi connectivity index (χ0) is 18.0. The van der Waals surface area contributed by atoms with Crippen LogP contribution in [0.3, 0.4) is 0 Å². The highest BCUT2D eigenvalue weighted by Crippen LogP contribution is 2.22. The van der Waals surface area contributed by atoms with E-state index < -0.39 is 0 Å². The molecule has 0 bridgehead atoms. The van der Waals surface area contributed by atoms with Crippen LogP contribution < -0.4 is 5.32 Å². The Hall–Kier alpha value is -2.48. The molecule has 0 unspecified atom stereocenters. The third-order valence-electron chi connectivity index (χ3n) is 4.32. The van der Waals surface area contributed by atoms with Crippen molar-refractivity contribution in [2.24, 2.45) is 5.92 Å². The molecule has 1 aliphatic heterocycles. The van der Waals surface area contributed by atoms with Gasteiger partial charge in [-0.25, -0.2) is 4.98 Å². The van der Waals surface area contributed by atoms with Gasteiger partial charge >= 0.3 is 0 Å². The van der Waals surface area contributed by atoms with E-state index in [9.17, 15) is 14.4 Å². The topological polar surface area (TPSA) is 95.2 Å². The van der Waals surface area contributed by atoms with Crippen molar-refractivity contribution in [2.75, 3.05) is 18.4 Å². The Morgan fingerprint density at radius 2 is 2.04 bits per heavy atom. The third-order valence-corrected chi connectivity index (χ3v) is 5.20. The first-order valence-electron chi connectivity index (χ1n) is 8.15. The van der Waals surface area contributed by atoms with Gasteiger partial charge in [-0.15, -0.1) is 11.3 Å². The summed E-state index contributed by atoms with van der Waals surface area (Å²) in [6.07, 6.45) is 2.77. The fourth-order valence-corrected chi connectivity index (χ4v) is 3.55. The number of nitrogens with one attached hydrogen (secondary N) is 2. The highest BCUT2D eigenvalue weighted by Gasteiger charge is 2.28. The summed E-state index contributed by atoms with van der Waals surface area (Å²) in [4.78, 5) is 44.9. The molecule has 1 saturated heterocycles. The van der Waals surface area contributed by atoms with Crippen molar-refractivity contribution in [3.8, 4) is 0 Å². The normalized spacial score (nSPS) is 15.2. The fraction of sp³-hybridized carbons (Fsp3) is 0.412. The number of thiazole rings is 1. The van der Waals surface area contributed by atoms with E-state index in [-0.39, 0.29) is 23.5 Å². The Morgan fingerprint density at radius 1 is 1.32 bits per heavy atom. The molecule has 0 radical (unpaired) electrons. The average molecular weight is 360 g/mol. The smallest absolute Gasteiger partial charge is 0.270 e. The second kappa shape index (κ2) is 7.18. The minimum atomic E-state index is -0.137. The molecule has 1 aliphatic rings. The van der Waals surface area contributed by atoms with Gasteiger partial charge in [0.15, 0.2) is 10.9 Å². The molecular formula is C17H20N4O3S. The molecule has 7 nitrogen and oxygen atoms in total. The second-order valence-corrected chi connectivity index (χ2v) is 7.07. The third kappa shape index (κ3) is 3.96. The molecule has 3 heterocycles. The number of rotatable bonds is 4. The number of H-pyrrole nitrogens is 1. The van der Waals surface area contributed by atoms with E-state index in [4.69, 9.17) is 0 Å². The Labute approximate surface area is 149 Å². The molecule has 25 heavy (non-hydrogen) atoms. The number of nitrogens with zero attached hydrogens (tertiary/aromatic N) is 2. The van der Waals surface area contributed by atoms with Crippen molar-refractivity contribution in [3.05, 3.63) is 34.6 Å². The molecule has 3 rings (SSSR count). The average Bonchev–Trinajstić information content (AvgIpc) is 3.23. The van der Waals surface area contributed by atoms with Gasteiger partial charge in [0.2, 0.25) is 5.91 Å². The van der Waals surface area contributed by atoms with Gasteiger partial charge < -0.3 is 15.2 Å². The van der Waals surface area contributed by atoms with E-state index in [2.05, 4.69) is 15.3 Å². The van der Waals surface area contributed by atoms with E-state index in [0.29, 0.717) is 42.3 Å². The van der Waals surface area contributed by atoms with Gasteiger partial charge in [0.05, 0.1) is 5.69 Å². The van der Waals surface area contributed by atoms with Crippen LogP contribution in [0.1, 0.15) is 46.3 Å². The van der Waals surface area contributed by atoms with Crippen LogP contribution in [0.25, 0.3) is 0 Å². The number of piperidine rings is 1. The lowest BCUT2D eigenvalue weighted by Crippen LogP contribution is -2.41. The molecule has 0 atom stereocenters. The van der Waals surface area contributed by atoms with Gasteiger partial charge in [-0.3, -0.25) is 14.4 Å². The summed E-state index contributed by atoms with van der Waals surface area (Å²) in [6.45, 7) is 4.38. The van der Waals surface area contributed by atoms with Crippen molar-refractivity contribution in [1.82, 2.24) is 14.9 Å². The van der Waals surface area contributed by atoms with E-state index in [1.165, 1.54) is 18.3 Å². The zero-order valence-corrected chi connectivity index (χ0v) is 15.0. The minimum Gasteiger partial charge on any atom is -0.356 e. The maximum Gasteiger partial charge on any atom is 0.270 e. The van der Waals surface area contributed by atoms with Crippen molar-refractivity contribution in [3.63, 3.8) is 0 Å². The van der Waals surface area contributed by atoms with Gasteiger partial charge in [-0.1, -0.05) is 0 Å². The fourth-order valence-electron chi connectivity index (χ4n) is 2.86. The molecule has 132 valence electrons. The molecule has 0 aliphatic carbocycles. The molecule has 2 N–H and O–H groups in total. The Bertz CT molecular complexity index is 802. The first-order chi connectivity index (χ1) is 11.9. The molecule has 1 fully saturated rings. The predicted molar refractivity (Wildman–Crippen MR) is 94.9 cm³/mol. The number of aromatic amines is 1. The SMILES string of the molecule is CC(=O)c1c[nH]c(C(=O)N2CCC(C(=O)Nc3nc(C)cs3)CC2)c1. The maximum absolute atomic E-state index is 12.5. The van der Waals surface area contributed by atoms with Crippen LogP contribution in [-0.4, -0.2) is 45.6 Å². The van der Waals surface area contributed by atoms with Crippen LogP contribution >= 0.6 is 11.3 Å². The van der Waals surface area contributed by atoms with Crippen LogP contribution in [-0.2, 0) is 4.79 Å². The molecule has 2 aromatic rings. The van der Waals surface area contributed by atoms with E-state index in [1.807, 2.05) is 12.3 Å². The van der Waals surface area contributed by atoms with Gasteiger partial charge in [0.25, 0.3) is 5.91 Å². The molecule has 0 saturated carbocycles. The van der Waals surface area contributed by atoms with Gasteiger partial charge in [0, 0.05) is 36.1 Å². The summed E-state index contributed by atoms with van der Waals surface area (Å²) >= 11 is 1.41. The van der Waals surface area contributed by atoms with E-state index in [0.717, 1.165) is 5.69 Å². The van der Waals surface area contributed by atoms with Crippen LogP contribution in [0.5, 0.6) is 0 Å². The van der Waals surface area contributed by atoms with Gasteiger partial charge in [0.1, 0.15) is 5.69 Å². The number of Topliss-reactive ketones (excluding diaryl/α,β-unsaturated/α-hetero) is 1. The Balaban J connectivity index is 1.54.